The molecule has 25 heavy (non-hydrogen) atoms. The van der Waals surface area contributed by atoms with Crippen molar-refractivity contribution in [3.8, 4) is 0 Å². The van der Waals surface area contributed by atoms with Gasteiger partial charge in [0.1, 0.15) is 0 Å². The second-order valence-corrected chi connectivity index (χ2v) is 7.58. The standard InChI is InChI=1S/C19H19NO4S/c1-2-24-19(21)12-16-14-20(13-15-8-4-3-5-9-15)25(22,23)18-11-7-6-10-17(16)18/h3-12H,2,13-14H2,1H3/b16-12+. The SMILES string of the molecule is CCOC(=O)/C=C1\CN(Cc2ccccc2)S(=O)(=O)c2ccccc21. The molecule has 0 saturated carbocycles. The Labute approximate surface area is 147 Å². The lowest BCUT2D eigenvalue weighted by molar-refractivity contribution is -0.137. The van der Waals surface area contributed by atoms with Crippen LogP contribution in [0.1, 0.15) is 18.1 Å². The number of esters is 1. The van der Waals surface area contributed by atoms with Gasteiger partial charge in [-0.1, -0.05) is 48.5 Å². The van der Waals surface area contributed by atoms with E-state index in [2.05, 4.69) is 0 Å². The lowest BCUT2D eigenvalue weighted by Gasteiger charge is -2.30. The van der Waals surface area contributed by atoms with Crippen LogP contribution in [0.5, 0.6) is 0 Å². The molecule has 0 aliphatic carbocycles. The predicted octanol–water partition coefficient (Wildman–Crippen LogP) is 2.84. The summed E-state index contributed by atoms with van der Waals surface area (Å²) in [6, 6.07) is 16.1. The van der Waals surface area contributed by atoms with E-state index in [0.29, 0.717) is 11.1 Å². The van der Waals surface area contributed by atoms with Crippen molar-refractivity contribution < 1.29 is 17.9 Å². The van der Waals surface area contributed by atoms with E-state index >= 15 is 0 Å². The molecule has 1 aliphatic heterocycles. The number of fused-ring (bicyclic) bond motifs is 1. The van der Waals surface area contributed by atoms with Gasteiger partial charge in [-0.3, -0.25) is 0 Å². The molecule has 6 heteroatoms. The Balaban J connectivity index is 2.03. The number of benzene rings is 2. The van der Waals surface area contributed by atoms with Crippen LogP contribution in [0, 0.1) is 0 Å². The maximum absolute atomic E-state index is 12.9. The Hall–Kier alpha value is -2.44. The lowest BCUT2D eigenvalue weighted by Crippen LogP contribution is -2.36. The molecule has 5 nitrogen and oxygen atoms in total. The van der Waals surface area contributed by atoms with Crippen LogP contribution in [-0.4, -0.2) is 31.8 Å². The minimum Gasteiger partial charge on any atom is -0.463 e. The zero-order valence-electron chi connectivity index (χ0n) is 13.9. The van der Waals surface area contributed by atoms with E-state index in [0.717, 1.165) is 5.56 Å². The van der Waals surface area contributed by atoms with Crippen molar-refractivity contribution in [3.05, 3.63) is 71.8 Å². The number of rotatable bonds is 4. The van der Waals surface area contributed by atoms with Gasteiger partial charge in [-0.2, -0.15) is 4.31 Å². The lowest BCUT2D eigenvalue weighted by atomic mass is 10.0. The molecule has 0 spiro atoms. The van der Waals surface area contributed by atoms with Gasteiger partial charge in [-0.25, -0.2) is 13.2 Å². The number of hydrogen-bond donors (Lipinski definition) is 0. The minimum atomic E-state index is -3.62. The molecule has 2 aromatic rings. The molecule has 0 fully saturated rings. The maximum atomic E-state index is 12.9. The van der Waals surface area contributed by atoms with E-state index in [1.807, 2.05) is 30.3 Å². The molecule has 0 aromatic heterocycles. The number of nitrogens with zero attached hydrogens (tertiary/aromatic N) is 1. The van der Waals surface area contributed by atoms with E-state index in [1.54, 1.807) is 31.2 Å². The van der Waals surface area contributed by atoms with Crippen molar-refractivity contribution in [2.24, 2.45) is 0 Å². The first-order valence-corrected chi connectivity index (χ1v) is 9.47. The summed E-state index contributed by atoms with van der Waals surface area (Å²) < 4.78 is 32.3. The van der Waals surface area contributed by atoms with Crippen molar-refractivity contribution in [1.29, 1.82) is 0 Å². The summed E-state index contributed by atoms with van der Waals surface area (Å²) in [7, 11) is -3.62. The van der Waals surface area contributed by atoms with Crippen LogP contribution in [0.25, 0.3) is 5.57 Å². The van der Waals surface area contributed by atoms with Crippen molar-refractivity contribution in [2.45, 2.75) is 18.4 Å². The van der Waals surface area contributed by atoms with Crippen molar-refractivity contribution in [1.82, 2.24) is 4.31 Å². The molecule has 3 rings (SSSR count). The molecule has 0 saturated heterocycles. The van der Waals surface area contributed by atoms with Crippen molar-refractivity contribution >= 4 is 21.6 Å². The van der Waals surface area contributed by atoms with Gasteiger partial charge in [0.05, 0.1) is 11.5 Å². The fourth-order valence-corrected chi connectivity index (χ4v) is 4.47. The van der Waals surface area contributed by atoms with Gasteiger partial charge < -0.3 is 4.74 Å². The molecule has 0 bridgehead atoms. The largest absolute Gasteiger partial charge is 0.463 e. The highest BCUT2D eigenvalue weighted by atomic mass is 32.2. The second kappa shape index (κ2) is 7.21. The molecule has 0 unspecified atom stereocenters. The quantitative estimate of drug-likeness (QED) is 0.623. The zero-order valence-corrected chi connectivity index (χ0v) is 14.7. The summed E-state index contributed by atoms with van der Waals surface area (Å²) in [5.41, 5.74) is 2.08. The van der Waals surface area contributed by atoms with Gasteiger partial charge in [-0.15, -0.1) is 0 Å². The maximum Gasteiger partial charge on any atom is 0.331 e. The first-order valence-electron chi connectivity index (χ1n) is 8.03. The summed E-state index contributed by atoms with van der Waals surface area (Å²) in [4.78, 5) is 12.1. The summed E-state index contributed by atoms with van der Waals surface area (Å²) >= 11 is 0. The zero-order chi connectivity index (χ0) is 17.9. The minimum absolute atomic E-state index is 0.132. The van der Waals surface area contributed by atoms with Gasteiger partial charge in [0, 0.05) is 19.2 Å². The summed E-state index contributed by atoms with van der Waals surface area (Å²) in [5.74, 6) is -0.466. The molecule has 0 radical (unpaired) electrons. The van der Waals surface area contributed by atoms with Crippen molar-refractivity contribution in [2.75, 3.05) is 13.2 Å². The van der Waals surface area contributed by atoms with Crippen LogP contribution in [0.15, 0.2) is 65.6 Å². The van der Waals surface area contributed by atoms with E-state index in [9.17, 15) is 13.2 Å². The molecular weight excluding hydrogens is 338 g/mol. The monoisotopic (exact) mass is 357 g/mol. The Morgan fingerprint density at radius 2 is 1.80 bits per heavy atom. The van der Waals surface area contributed by atoms with Gasteiger partial charge in [0.2, 0.25) is 10.0 Å². The summed E-state index contributed by atoms with van der Waals surface area (Å²) in [5, 5.41) is 0. The number of carbonyl (C=O) groups excluding carboxylic acids is 1. The highest BCUT2D eigenvalue weighted by molar-refractivity contribution is 7.89. The first-order chi connectivity index (χ1) is 12.0. The van der Waals surface area contributed by atoms with Crippen LogP contribution < -0.4 is 0 Å². The smallest absolute Gasteiger partial charge is 0.331 e. The normalized spacial score (nSPS) is 17.9. The average molecular weight is 357 g/mol. The van der Waals surface area contributed by atoms with Crippen LogP contribution in [0.4, 0.5) is 0 Å². The third-order valence-electron chi connectivity index (χ3n) is 3.98. The van der Waals surface area contributed by atoms with Crippen LogP contribution in [0.3, 0.4) is 0 Å². The molecule has 0 amide bonds. The van der Waals surface area contributed by atoms with Gasteiger partial charge >= 0.3 is 5.97 Å². The third kappa shape index (κ3) is 3.65. The molecule has 1 heterocycles. The molecule has 1 aliphatic rings. The molecule has 0 N–H and O–H groups in total. The third-order valence-corrected chi connectivity index (χ3v) is 5.83. The molecular formula is C19H19NO4S. The van der Waals surface area contributed by atoms with Crippen molar-refractivity contribution in [3.63, 3.8) is 0 Å². The van der Waals surface area contributed by atoms with Crippen LogP contribution >= 0.6 is 0 Å². The average Bonchev–Trinajstić information content (AvgIpc) is 2.60. The number of hydrogen-bond acceptors (Lipinski definition) is 4. The molecule has 130 valence electrons. The molecule has 2 aromatic carbocycles. The van der Waals surface area contributed by atoms with E-state index in [4.69, 9.17) is 4.74 Å². The fourth-order valence-electron chi connectivity index (χ4n) is 2.83. The Kier molecular flexibility index (Phi) is 5.01. The van der Waals surface area contributed by atoms with Gasteiger partial charge in [-0.05, 0) is 29.7 Å². The number of ether oxygens (including phenoxy) is 1. The Morgan fingerprint density at radius 1 is 1.12 bits per heavy atom. The van der Waals surface area contributed by atoms with E-state index in [-0.39, 0.29) is 24.6 Å². The topological polar surface area (TPSA) is 63.7 Å². The molecule has 0 atom stereocenters. The van der Waals surface area contributed by atoms with Crippen LogP contribution in [-0.2, 0) is 26.1 Å². The highest BCUT2D eigenvalue weighted by Gasteiger charge is 2.34. The number of carbonyl (C=O) groups is 1. The van der Waals surface area contributed by atoms with E-state index < -0.39 is 16.0 Å². The summed E-state index contributed by atoms with van der Waals surface area (Å²) in [6.07, 6.45) is 1.38. The number of sulfonamides is 1. The van der Waals surface area contributed by atoms with E-state index in [1.165, 1.54) is 10.4 Å². The fraction of sp³-hybridized carbons (Fsp3) is 0.211. The Bertz CT molecular complexity index is 904. The predicted molar refractivity (Wildman–Crippen MR) is 95.1 cm³/mol. The first kappa shape index (κ1) is 17.4. The van der Waals surface area contributed by atoms with Gasteiger partial charge in [0.15, 0.2) is 0 Å². The summed E-state index contributed by atoms with van der Waals surface area (Å²) in [6.45, 7) is 2.39. The highest BCUT2D eigenvalue weighted by Crippen LogP contribution is 2.33. The second-order valence-electron chi connectivity index (χ2n) is 5.68. The van der Waals surface area contributed by atoms with Gasteiger partial charge in [0.25, 0.3) is 0 Å². The Morgan fingerprint density at radius 3 is 2.52 bits per heavy atom. The van der Waals surface area contributed by atoms with Crippen LogP contribution in [0.2, 0.25) is 0 Å².